The van der Waals surface area contributed by atoms with Crippen molar-refractivity contribution in [3.05, 3.63) is 30.3 Å². The molecule has 3 rings (SSSR count). The zero-order valence-electron chi connectivity index (χ0n) is 15.1. The number of ether oxygens (including phenoxy) is 1. The number of anilines is 2. The van der Waals surface area contributed by atoms with Gasteiger partial charge in [0, 0.05) is 43.3 Å². The largest absolute Gasteiger partial charge is 0.453 e. The Labute approximate surface area is 148 Å². The number of hydrogen-bond acceptors (Lipinski definition) is 5. The van der Waals surface area contributed by atoms with Gasteiger partial charge in [-0.1, -0.05) is 18.2 Å². The Morgan fingerprint density at radius 1 is 1.16 bits per heavy atom. The van der Waals surface area contributed by atoms with Crippen LogP contribution in [0.1, 0.15) is 25.7 Å². The van der Waals surface area contributed by atoms with Gasteiger partial charge in [-0.3, -0.25) is 0 Å². The van der Waals surface area contributed by atoms with Crippen molar-refractivity contribution in [1.82, 2.24) is 10.3 Å². The number of fused-ring (bicyclic) bond motifs is 1. The van der Waals surface area contributed by atoms with Crippen LogP contribution in [0.5, 0.6) is 0 Å². The molecule has 0 aliphatic heterocycles. The number of nitrogens with one attached hydrogen (secondary N) is 2. The van der Waals surface area contributed by atoms with Crippen LogP contribution in [0.2, 0.25) is 0 Å². The highest BCUT2D eigenvalue weighted by atomic mass is 16.5. The van der Waals surface area contributed by atoms with Gasteiger partial charge in [0.25, 0.3) is 0 Å². The predicted molar refractivity (Wildman–Crippen MR) is 101 cm³/mol. The van der Waals surface area contributed by atoms with Crippen LogP contribution in [0.4, 0.5) is 16.3 Å². The lowest BCUT2D eigenvalue weighted by Gasteiger charge is -2.30. The second-order valence-electron chi connectivity index (χ2n) is 6.77. The monoisotopic (exact) mass is 342 g/mol. The molecule has 0 unspecified atom stereocenters. The standard InChI is InChI=1S/C19H26N4O2/c1-23(2)17-12-18(22-16-7-5-4-6-15(16)17)20-13-8-10-14(11-9-13)21-19(24)25-3/h4-7,12-14H,8-11H2,1-3H3,(H,20,22)(H,21,24). The molecule has 1 saturated carbocycles. The maximum Gasteiger partial charge on any atom is 0.407 e. The summed E-state index contributed by atoms with van der Waals surface area (Å²) in [4.78, 5) is 18.2. The number of hydrogen-bond donors (Lipinski definition) is 2. The minimum Gasteiger partial charge on any atom is -0.453 e. The molecule has 6 heteroatoms. The summed E-state index contributed by atoms with van der Waals surface area (Å²) in [6.45, 7) is 0. The van der Waals surface area contributed by atoms with E-state index in [2.05, 4.69) is 46.5 Å². The SMILES string of the molecule is COC(=O)NC1CCC(Nc2cc(N(C)C)c3ccccc3n2)CC1. The molecule has 1 aliphatic carbocycles. The summed E-state index contributed by atoms with van der Waals surface area (Å²) in [6, 6.07) is 10.9. The van der Waals surface area contributed by atoms with Crippen LogP contribution in [0, 0.1) is 0 Å². The van der Waals surface area contributed by atoms with Crippen molar-refractivity contribution in [2.75, 3.05) is 31.4 Å². The molecule has 0 spiro atoms. The van der Waals surface area contributed by atoms with E-state index in [0.717, 1.165) is 48.1 Å². The molecule has 1 fully saturated rings. The molecule has 0 atom stereocenters. The zero-order chi connectivity index (χ0) is 17.8. The normalized spacial score (nSPS) is 20.1. The Balaban J connectivity index is 1.69. The first-order valence-corrected chi connectivity index (χ1v) is 8.75. The van der Waals surface area contributed by atoms with Gasteiger partial charge in [-0.25, -0.2) is 9.78 Å². The van der Waals surface area contributed by atoms with Gasteiger partial charge in [-0.05, 0) is 31.7 Å². The Hall–Kier alpha value is -2.50. The van der Waals surface area contributed by atoms with Gasteiger partial charge >= 0.3 is 6.09 Å². The van der Waals surface area contributed by atoms with Crippen LogP contribution >= 0.6 is 0 Å². The smallest absolute Gasteiger partial charge is 0.407 e. The van der Waals surface area contributed by atoms with Gasteiger partial charge in [-0.15, -0.1) is 0 Å². The van der Waals surface area contributed by atoms with Crippen molar-refractivity contribution >= 4 is 28.5 Å². The van der Waals surface area contributed by atoms with Crippen molar-refractivity contribution in [1.29, 1.82) is 0 Å². The number of methoxy groups -OCH3 is 1. The zero-order valence-corrected chi connectivity index (χ0v) is 15.1. The highest BCUT2D eigenvalue weighted by Crippen LogP contribution is 2.29. The van der Waals surface area contributed by atoms with E-state index in [1.807, 2.05) is 18.2 Å². The Morgan fingerprint density at radius 3 is 2.52 bits per heavy atom. The number of carbonyl (C=O) groups excluding carboxylic acids is 1. The molecule has 0 saturated heterocycles. The van der Waals surface area contributed by atoms with Crippen molar-refractivity contribution in [2.24, 2.45) is 0 Å². The Bertz CT molecular complexity index is 739. The van der Waals surface area contributed by atoms with Crippen LogP contribution < -0.4 is 15.5 Å². The molecule has 1 amide bonds. The highest BCUT2D eigenvalue weighted by Gasteiger charge is 2.23. The molecule has 25 heavy (non-hydrogen) atoms. The summed E-state index contributed by atoms with van der Waals surface area (Å²) in [6.07, 6.45) is 3.55. The first-order chi connectivity index (χ1) is 12.1. The lowest BCUT2D eigenvalue weighted by atomic mass is 9.91. The van der Waals surface area contributed by atoms with Crippen LogP contribution in [-0.2, 0) is 4.74 Å². The van der Waals surface area contributed by atoms with Crippen LogP contribution in [0.25, 0.3) is 10.9 Å². The number of amides is 1. The van der Waals surface area contributed by atoms with E-state index in [1.54, 1.807) is 0 Å². The topological polar surface area (TPSA) is 66.5 Å². The second kappa shape index (κ2) is 7.59. The maximum absolute atomic E-state index is 11.3. The third-order valence-corrected chi connectivity index (χ3v) is 4.76. The number of nitrogens with zero attached hydrogens (tertiary/aromatic N) is 2. The van der Waals surface area contributed by atoms with Gasteiger partial charge in [0.15, 0.2) is 0 Å². The lowest BCUT2D eigenvalue weighted by Crippen LogP contribution is -2.40. The highest BCUT2D eigenvalue weighted by molar-refractivity contribution is 5.93. The van der Waals surface area contributed by atoms with E-state index >= 15 is 0 Å². The summed E-state index contributed by atoms with van der Waals surface area (Å²) in [5, 5.41) is 7.62. The van der Waals surface area contributed by atoms with Crippen molar-refractivity contribution in [3.8, 4) is 0 Å². The van der Waals surface area contributed by atoms with Gasteiger partial charge in [0.1, 0.15) is 5.82 Å². The molecule has 0 radical (unpaired) electrons. The van der Waals surface area contributed by atoms with E-state index in [4.69, 9.17) is 4.98 Å². The quantitative estimate of drug-likeness (QED) is 0.892. The maximum atomic E-state index is 11.3. The number of carbonyl (C=O) groups is 1. The van der Waals surface area contributed by atoms with E-state index < -0.39 is 0 Å². The minimum absolute atomic E-state index is 0.201. The Kier molecular flexibility index (Phi) is 5.26. The number of alkyl carbamates (subject to hydrolysis) is 1. The first-order valence-electron chi connectivity index (χ1n) is 8.75. The summed E-state index contributed by atoms with van der Waals surface area (Å²) >= 11 is 0. The molecule has 1 aliphatic rings. The first kappa shape index (κ1) is 17.3. The number of pyridine rings is 1. The van der Waals surface area contributed by atoms with Crippen LogP contribution in [-0.4, -0.2) is 44.4 Å². The van der Waals surface area contributed by atoms with E-state index in [9.17, 15) is 4.79 Å². The molecule has 1 heterocycles. The molecule has 1 aromatic heterocycles. The fourth-order valence-corrected chi connectivity index (χ4v) is 3.42. The fraction of sp³-hybridized carbons (Fsp3) is 0.474. The molecule has 0 bridgehead atoms. The molecule has 2 N–H and O–H groups in total. The third kappa shape index (κ3) is 4.13. The van der Waals surface area contributed by atoms with Crippen molar-refractivity contribution in [2.45, 2.75) is 37.8 Å². The molecule has 2 aromatic rings. The second-order valence-corrected chi connectivity index (χ2v) is 6.77. The molecule has 1 aromatic carbocycles. The van der Waals surface area contributed by atoms with Crippen LogP contribution in [0.15, 0.2) is 30.3 Å². The average molecular weight is 342 g/mol. The number of benzene rings is 1. The van der Waals surface area contributed by atoms with E-state index in [-0.39, 0.29) is 12.1 Å². The van der Waals surface area contributed by atoms with Crippen LogP contribution in [0.3, 0.4) is 0 Å². The van der Waals surface area contributed by atoms with Gasteiger partial charge in [0.2, 0.25) is 0 Å². The van der Waals surface area contributed by atoms with Gasteiger partial charge < -0.3 is 20.3 Å². The Morgan fingerprint density at radius 2 is 1.84 bits per heavy atom. The minimum atomic E-state index is -0.344. The lowest BCUT2D eigenvalue weighted by molar-refractivity contribution is 0.162. The molecule has 134 valence electrons. The van der Waals surface area contributed by atoms with Gasteiger partial charge in [-0.2, -0.15) is 0 Å². The number of aromatic nitrogens is 1. The number of rotatable bonds is 4. The van der Waals surface area contributed by atoms with Crippen molar-refractivity contribution < 1.29 is 9.53 Å². The van der Waals surface area contributed by atoms with E-state index in [1.165, 1.54) is 7.11 Å². The summed E-state index contributed by atoms with van der Waals surface area (Å²) in [5.41, 5.74) is 2.16. The summed E-state index contributed by atoms with van der Waals surface area (Å²) in [7, 11) is 5.50. The molecule has 6 nitrogen and oxygen atoms in total. The summed E-state index contributed by atoms with van der Waals surface area (Å²) < 4.78 is 4.67. The van der Waals surface area contributed by atoms with Gasteiger partial charge in [0.05, 0.1) is 12.6 Å². The molecular weight excluding hydrogens is 316 g/mol. The predicted octanol–water partition coefficient (Wildman–Crippen LogP) is 3.38. The number of para-hydroxylation sites is 1. The van der Waals surface area contributed by atoms with E-state index in [0.29, 0.717) is 6.04 Å². The summed E-state index contributed by atoms with van der Waals surface area (Å²) in [5.74, 6) is 0.909. The third-order valence-electron chi connectivity index (χ3n) is 4.76. The average Bonchev–Trinajstić information content (AvgIpc) is 2.62. The fourth-order valence-electron chi connectivity index (χ4n) is 3.42. The molecular formula is C19H26N4O2. The van der Waals surface area contributed by atoms with Crippen molar-refractivity contribution in [3.63, 3.8) is 0 Å².